The fraction of sp³-hybridized carbons (Fsp3) is 0.818. The van der Waals surface area contributed by atoms with Crippen molar-refractivity contribution in [2.24, 2.45) is 5.41 Å². The highest BCUT2D eigenvalue weighted by Crippen LogP contribution is 2.33. The third-order valence-electron chi connectivity index (χ3n) is 3.01. The van der Waals surface area contributed by atoms with Gasteiger partial charge < -0.3 is 10.1 Å². The molecule has 0 aliphatic carbocycles. The van der Waals surface area contributed by atoms with Gasteiger partial charge in [0.15, 0.2) is 0 Å². The first-order valence-corrected chi connectivity index (χ1v) is 5.14. The Labute approximate surface area is 80.4 Å². The summed E-state index contributed by atoms with van der Waals surface area (Å²) in [6.45, 7) is 8.71. The maximum atomic E-state index is 5.86. The lowest BCUT2D eigenvalue weighted by Gasteiger charge is -2.34. The fourth-order valence-corrected chi connectivity index (χ4v) is 2.02. The molecule has 0 saturated heterocycles. The van der Waals surface area contributed by atoms with Crippen LogP contribution >= 0.6 is 0 Å². The molecule has 0 bridgehead atoms. The lowest BCUT2D eigenvalue weighted by Crippen LogP contribution is -2.34. The molecule has 74 valence electrons. The second kappa shape index (κ2) is 3.02. The van der Waals surface area contributed by atoms with Crippen LogP contribution in [0.5, 0.6) is 0 Å². The van der Waals surface area contributed by atoms with E-state index >= 15 is 0 Å². The Balaban J connectivity index is 2.08. The predicted octanol–water partition coefficient (Wildman–Crippen LogP) is 2.07. The van der Waals surface area contributed by atoms with E-state index in [0.29, 0.717) is 6.10 Å². The molecule has 0 aromatic heterocycles. The van der Waals surface area contributed by atoms with Crippen molar-refractivity contribution < 1.29 is 4.74 Å². The molecule has 0 aromatic rings. The molecule has 0 amide bonds. The molecule has 2 heterocycles. The van der Waals surface area contributed by atoms with Gasteiger partial charge in [0.2, 0.25) is 0 Å². The van der Waals surface area contributed by atoms with Crippen molar-refractivity contribution in [1.29, 1.82) is 0 Å². The highest BCUT2D eigenvalue weighted by atomic mass is 16.5. The minimum atomic E-state index is 0.267. The SMILES string of the molecule is CC(C)(C)C1CC2=C(CCN2)CO1. The monoisotopic (exact) mass is 181 g/mol. The van der Waals surface area contributed by atoms with Gasteiger partial charge in [-0.15, -0.1) is 0 Å². The standard InChI is InChI=1S/C11H19NO/c1-11(2,3)10-6-9-8(7-13-10)4-5-12-9/h10,12H,4-7H2,1-3H3. The average molecular weight is 181 g/mol. The molecular formula is C11H19NO. The van der Waals surface area contributed by atoms with Gasteiger partial charge in [0, 0.05) is 18.7 Å². The summed E-state index contributed by atoms with van der Waals surface area (Å²) < 4.78 is 5.86. The van der Waals surface area contributed by atoms with Crippen molar-refractivity contribution in [1.82, 2.24) is 5.32 Å². The van der Waals surface area contributed by atoms with Crippen molar-refractivity contribution in [3.8, 4) is 0 Å². The van der Waals surface area contributed by atoms with Gasteiger partial charge >= 0.3 is 0 Å². The van der Waals surface area contributed by atoms with Gasteiger partial charge in [0.25, 0.3) is 0 Å². The van der Waals surface area contributed by atoms with Gasteiger partial charge in [-0.3, -0.25) is 0 Å². The smallest absolute Gasteiger partial charge is 0.0701 e. The van der Waals surface area contributed by atoms with E-state index in [1.54, 1.807) is 0 Å². The average Bonchev–Trinajstić information content (AvgIpc) is 2.47. The van der Waals surface area contributed by atoms with Crippen molar-refractivity contribution in [3.05, 3.63) is 11.3 Å². The van der Waals surface area contributed by atoms with E-state index in [4.69, 9.17) is 4.74 Å². The summed E-state index contributed by atoms with van der Waals surface area (Å²) in [5.74, 6) is 0. The molecule has 2 heteroatoms. The lowest BCUT2D eigenvalue weighted by atomic mass is 9.85. The highest BCUT2D eigenvalue weighted by Gasteiger charge is 2.32. The minimum Gasteiger partial charge on any atom is -0.388 e. The van der Waals surface area contributed by atoms with E-state index in [0.717, 1.165) is 19.6 Å². The molecule has 0 aromatic carbocycles. The predicted molar refractivity (Wildman–Crippen MR) is 53.5 cm³/mol. The zero-order valence-electron chi connectivity index (χ0n) is 8.81. The molecule has 0 fully saturated rings. The summed E-state index contributed by atoms with van der Waals surface area (Å²) in [5.41, 5.74) is 3.23. The van der Waals surface area contributed by atoms with Crippen LogP contribution in [0.1, 0.15) is 33.6 Å². The van der Waals surface area contributed by atoms with Gasteiger partial charge in [-0.05, 0) is 17.4 Å². The topological polar surface area (TPSA) is 21.3 Å². The van der Waals surface area contributed by atoms with Gasteiger partial charge in [-0.1, -0.05) is 20.8 Å². The van der Waals surface area contributed by atoms with Crippen LogP contribution in [-0.2, 0) is 4.74 Å². The molecule has 0 spiro atoms. The van der Waals surface area contributed by atoms with Crippen LogP contribution in [0.3, 0.4) is 0 Å². The Bertz CT molecular complexity index is 237. The van der Waals surface area contributed by atoms with E-state index in [1.807, 2.05) is 0 Å². The van der Waals surface area contributed by atoms with Gasteiger partial charge in [-0.25, -0.2) is 0 Å². The number of hydrogen-bond donors (Lipinski definition) is 1. The van der Waals surface area contributed by atoms with Crippen LogP contribution in [0, 0.1) is 5.41 Å². The van der Waals surface area contributed by atoms with Crippen LogP contribution in [0.4, 0.5) is 0 Å². The van der Waals surface area contributed by atoms with E-state index in [9.17, 15) is 0 Å². The van der Waals surface area contributed by atoms with Crippen molar-refractivity contribution >= 4 is 0 Å². The molecule has 0 radical (unpaired) electrons. The maximum absolute atomic E-state index is 5.86. The van der Waals surface area contributed by atoms with Crippen LogP contribution in [0.25, 0.3) is 0 Å². The van der Waals surface area contributed by atoms with Crippen LogP contribution in [0.2, 0.25) is 0 Å². The molecule has 13 heavy (non-hydrogen) atoms. The van der Waals surface area contributed by atoms with Crippen LogP contribution in [0.15, 0.2) is 11.3 Å². The van der Waals surface area contributed by atoms with E-state index in [1.165, 1.54) is 17.7 Å². The maximum Gasteiger partial charge on any atom is 0.0701 e. The van der Waals surface area contributed by atoms with Gasteiger partial charge in [0.05, 0.1) is 12.7 Å². The molecule has 2 aliphatic rings. The first-order valence-electron chi connectivity index (χ1n) is 5.14. The quantitative estimate of drug-likeness (QED) is 0.617. The van der Waals surface area contributed by atoms with Crippen molar-refractivity contribution in [2.45, 2.75) is 39.7 Å². The highest BCUT2D eigenvalue weighted by molar-refractivity contribution is 5.22. The van der Waals surface area contributed by atoms with Gasteiger partial charge in [-0.2, -0.15) is 0 Å². The van der Waals surface area contributed by atoms with E-state index < -0.39 is 0 Å². The molecule has 1 atom stereocenters. The zero-order valence-corrected chi connectivity index (χ0v) is 8.81. The summed E-state index contributed by atoms with van der Waals surface area (Å²) in [7, 11) is 0. The molecular weight excluding hydrogens is 162 g/mol. The number of hydrogen-bond acceptors (Lipinski definition) is 2. The van der Waals surface area contributed by atoms with E-state index in [2.05, 4.69) is 26.1 Å². The zero-order chi connectivity index (χ0) is 9.47. The summed E-state index contributed by atoms with van der Waals surface area (Å²) in [4.78, 5) is 0. The van der Waals surface area contributed by atoms with E-state index in [-0.39, 0.29) is 5.41 Å². The summed E-state index contributed by atoms with van der Waals surface area (Å²) >= 11 is 0. The Morgan fingerprint density at radius 2 is 2.15 bits per heavy atom. The molecule has 0 saturated carbocycles. The first kappa shape index (κ1) is 9.07. The van der Waals surface area contributed by atoms with Gasteiger partial charge in [0.1, 0.15) is 0 Å². The number of ether oxygens (including phenoxy) is 1. The Morgan fingerprint density at radius 3 is 2.85 bits per heavy atom. The third-order valence-corrected chi connectivity index (χ3v) is 3.01. The van der Waals surface area contributed by atoms with Crippen molar-refractivity contribution in [2.75, 3.05) is 13.2 Å². The Hall–Kier alpha value is -0.500. The molecule has 2 rings (SSSR count). The van der Waals surface area contributed by atoms with Crippen LogP contribution < -0.4 is 5.32 Å². The second-order valence-electron chi connectivity index (χ2n) is 5.13. The molecule has 1 unspecified atom stereocenters. The molecule has 2 nitrogen and oxygen atoms in total. The summed E-state index contributed by atoms with van der Waals surface area (Å²) in [5, 5.41) is 3.46. The normalized spacial score (nSPS) is 28.7. The lowest BCUT2D eigenvalue weighted by molar-refractivity contribution is -0.0153. The minimum absolute atomic E-state index is 0.267. The number of rotatable bonds is 0. The largest absolute Gasteiger partial charge is 0.388 e. The first-order chi connectivity index (χ1) is 6.07. The number of nitrogens with one attached hydrogen (secondary N) is 1. The second-order valence-corrected chi connectivity index (χ2v) is 5.13. The third kappa shape index (κ3) is 1.73. The van der Waals surface area contributed by atoms with Crippen molar-refractivity contribution in [3.63, 3.8) is 0 Å². The Morgan fingerprint density at radius 1 is 1.38 bits per heavy atom. The molecule has 2 aliphatic heterocycles. The fourth-order valence-electron chi connectivity index (χ4n) is 2.02. The van der Waals surface area contributed by atoms with Crippen LogP contribution in [-0.4, -0.2) is 19.3 Å². The summed E-state index contributed by atoms with van der Waals surface area (Å²) in [6, 6.07) is 0. The molecule has 1 N–H and O–H groups in total. The summed E-state index contributed by atoms with van der Waals surface area (Å²) in [6.07, 6.45) is 2.65. The Kier molecular flexibility index (Phi) is 2.11.